The van der Waals surface area contributed by atoms with Crippen LogP contribution in [0.25, 0.3) is 0 Å². The van der Waals surface area contributed by atoms with Gasteiger partial charge in [-0.05, 0) is 50.4 Å². The van der Waals surface area contributed by atoms with Gasteiger partial charge in [0.25, 0.3) is 0 Å². The number of rotatable bonds is 5. The molecule has 0 aromatic heterocycles. The van der Waals surface area contributed by atoms with E-state index in [-0.39, 0.29) is 16.3 Å². The zero-order chi connectivity index (χ0) is 20.1. The number of anilines is 1. The summed E-state index contributed by atoms with van der Waals surface area (Å²) in [7, 11) is 4.31. The molecule has 0 aliphatic heterocycles. The van der Waals surface area contributed by atoms with Crippen molar-refractivity contribution < 1.29 is 23.8 Å². The molecular formula is C21H26ClNO5. The van der Waals surface area contributed by atoms with E-state index in [2.05, 4.69) is 5.32 Å². The Balaban J connectivity index is 1.67. The third-order valence-electron chi connectivity index (χ3n) is 6.65. The molecule has 4 aliphatic rings. The fourth-order valence-electron chi connectivity index (χ4n) is 5.93. The third kappa shape index (κ3) is 3.11. The molecule has 0 heterocycles. The summed E-state index contributed by atoms with van der Waals surface area (Å²) in [5, 5.41) is 2.99. The van der Waals surface area contributed by atoms with Crippen LogP contribution in [0.3, 0.4) is 0 Å². The summed E-state index contributed by atoms with van der Waals surface area (Å²) in [6.45, 7) is 0. The number of amides is 1. The summed E-state index contributed by atoms with van der Waals surface area (Å²) in [6.07, 6.45) is 5.61. The average molecular weight is 408 g/mol. The predicted molar refractivity (Wildman–Crippen MR) is 105 cm³/mol. The van der Waals surface area contributed by atoms with Crippen molar-refractivity contribution in [3.05, 3.63) is 17.7 Å². The second-order valence-electron chi connectivity index (χ2n) is 8.59. The van der Waals surface area contributed by atoms with Crippen LogP contribution in [0, 0.1) is 17.3 Å². The average Bonchev–Trinajstić information content (AvgIpc) is 2.65. The van der Waals surface area contributed by atoms with E-state index in [1.165, 1.54) is 33.8 Å². The Labute approximate surface area is 169 Å². The minimum Gasteiger partial charge on any atom is -0.493 e. The number of ether oxygens (including phenoxy) is 3. The van der Waals surface area contributed by atoms with Gasteiger partial charge in [0.1, 0.15) is 0 Å². The second-order valence-corrected chi connectivity index (χ2v) is 9.39. The summed E-state index contributed by atoms with van der Waals surface area (Å²) in [6, 6.07) is 3.14. The topological polar surface area (TPSA) is 73.9 Å². The van der Waals surface area contributed by atoms with Gasteiger partial charge in [-0.3, -0.25) is 4.79 Å². The van der Waals surface area contributed by atoms with Crippen LogP contribution in [0.15, 0.2) is 12.1 Å². The molecule has 4 fully saturated rings. The maximum absolute atomic E-state index is 13.4. The first-order valence-electron chi connectivity index (χ1n) is 9.66. The fraction of sp³-hybridized carbons (Fsp3) is 0.619. The van der Waals surface area contributed by atoms with Gasteiger partial charge in [0.05, 0.1) is 38.0 Å². The van der Waals surface area contributed by atoms with Gasteiger partial charge in [0.2, 0.25) is 5.91 Å². The first kappa shape index (κ1) is 19.4. The quantitative estimate of drug-likeness (QED) is 0.589. The lowest BCUT2D eigenvalue weighted by Gasteiger charge is -2.59. The third-order valence-corrected chi connectivity index (χ3v) is 7.09. The Morgan fingerprint density at radius 3 is 2.18 bits per heavy atom. The number of carbonyl (C=O) groups excluding carboxylic acids is 2. The monoisotopic (exact) mass is 407 g/mol. The van der Waals surface area contributed by atoms with Gasteiger partial charge in [0.15, 0.2) is 11.5 Å². The summed E-state index contributed by atoms with van der Waals surface area (Å²) in [5.41, 5.74) is 0.138. The van der Waals surface area contributed by atoms with Crippen molar-refractivity contribution in [1.29, 1.82) is 0 Å². The van der Waals surface area contributed by atoms with Gasteiger partial charge in [-0.2, -0.15) is 0 Å². The molecule has 1 amide bonds. The molecule has 0 saturated heterocycles. The summed E-state index contributed by atoms with van der Waals surface area (Å²) < 4.78 is 15.5. The van der Waals surface area contributed by atoms with Crippen molar-refractivity contribution >= 4 is 29.2 Å². The van der Waals surface area contributed by atoms with Crippen molar-refractivity contribution in [2.24, 2.45) is 17.3 Å². The van der Waals surface area contributed by atoms with Crippen molar-refractivity contribution in [2.45, 2.75) is 43.4 Å². The standard InChI is InChI=1S/C21H26ClNO5/c1-26-16-5-14(18(24)28-3)15(6-17(16)27-2)23-19(25)20-7-12-4-13(8-20)10-21(22,9-12)11-20/h5-6,12-13H,4,7-11H2,1-3H3,(H,23,25). The molecule has 2 atom stereocenters. The first-order valence-corrected chi connectivity index (χ1v) is 10.0. The number of hydrogen-bond acceptors (Lipinski definition) is 5. The SMILES string of the molecule is COC(=O)c1cc(OC)c(OC)cc1NC(=O)C12CC3CC(CC(Cl)(C3)C1)C2. The summed E-state index contributed by atoms with van der Waals surface area (Å²) in [5.74, 6) is 1.24. The predicted octanol–water partition coefficient (Wildman–Crippen LogP) is 4.01. The number of hydrogen-bond donors (Lipinski definition) is 1. The molecular weight excluding hydrogens is 382 g/mol. The lowest BCUT2D eigenvalue weighted by atomic mass is 9.49. The van der Waals surface area contributed by atoms with Gasteiger partial charge in [-0.15, -0.1) is 11.6 Å². The number of methoxy groups -OCH3 is 3. The van der Waals surface area contributed by atoms with Crippen molar-refractivity contribution in [1.82, 2.24) is 0 Å². The Hall–Kier alpha value is -1.95. The molecule has 2 unspecified atom stereocenters. The van der Waals surface area contributed by atoms with Crippen LogP contribution in [0.4, 0.5) is 5.69 Å². The molecule has 1 N–H and O–H groups in total. The number of esters is 1. The molecule has 1 aromatic rings. The number of carbonyl (C=O) groups is 2. The van der Waals surface area contributed by atoms with Gasteiger partial charge < -0.3 is 19.5 Å². The molecule has 152 valence electrons. The second kappa shape index (κ2) is 6.83. The van der Waals surface area contributed by atoms with Gasteiger partial charge >= 0.3 is 5.97 Å². The molecule has 5 rings (SSSR count). The van der Waals surface area contributed by atoms with Gasteiger partial charge in [-0.25, -0.2) is 4.79 Å². The van der Waals surface area contributed by atoms with Crippen molar-refractivity contribution in [2.75, 3.05) is 26.6 Å². The van der Waals surface area contributed by atoms with E-state index in [4.69, 9.17) is 25.8 Å². The maximum atomic E-state index is 13.4. The number of halogens is 1. The molecule has 4 bridgehead atoms. The molecule has 6 nitrogen and oxygen atoms in total. The van der Waals surface area contributed by atoms with Crippen molar-refractivity contribution in [3.63, 3.8) is 0 Å². The maximum Gasteiger partial charge on any atom is 0.340 e. The van der Waals surface area contributed by atoms with Gasteiger partial charge in [0, 0.05) is 17.0 Å². The molecule has 1 aromatic carbocycles. The smallest absolute Gasteiger partial charge is 0.340 e. The highest BCUT2D eigenvalue weighted by Crippen LogP contribution is 2.64. The van der Waals surface area contributed by atoms with Crippen LogP contribution < -0.4 is 14.8 Å². The number of benzene rings is 1. The van der Waals surface area contributed by atoms with E-state index in [9.17, 15) is 9.59 Å². The Morgan fingerprint density at radius 2 is 1.64 bits per heavy atom. The van der Waals surface area contributed by atoms with E-state index in [1.807, 2.05) is 0 Å². The van der Waals surface area contributed by atoms with Crippen LogP contribution in [0.5, 0.6) is 11.5 Å². The Morgan fingerprint density at radius 1 is 1.04 bits per heavy atom. The number of alkyl halides is 1. The summed E-state index contributed by atoms with van der Waals surface area (Å²) in [4.78, 5) is 25.5. The molecule has 0 radical (unpaired) electrons. The van der Waals surface area contributed by atoms with Crippen LogP contribution in [0.2, 0.25) is 0 Å². The van der Waals surface area contributed by atoms with E-state index >= 15 is 0 Å². The van der Waals surface area contributed by atoms with E-state index in [0.29, 0.717) is 35.4 Å². The minimum atomic E-state index is -0.546. The Bertz CT molecular complexity index is 809. The first-order chi connectivity index (χ1) is 13.3. The van der Waals surface area contributed by atoms with Crippen LogP contribution in [-0.4, -0.2) is 38.1 Å². The number of nitrogens with one attached hydrogen (secondary N) is 1. The van der Waals surface area contributed by atoms with Crippen LogP contribution in [0.1, 0.15) is 48.9 Å². The molecule has 0 spiro atoms. The van der Waals surface area contributed by atoms with E-state index < -0.39 is 11.4 Å². The highest BCUT2D eigenvalue weighted by molar-refractivity contribution is 6.24. The zero-order valence-corrected chi connectivity index (χ0v) is 17.2. The lowest BCUT2D eigenvalue weighted by Crippen LogP contribution is -2.57. The highest BCUT2D eigenvalue weighted by Gasteiger charge is 2.60. The van der Waals surface area contributed by atoms with E-state index in [1.54, 1.807) is 6.07 Å². The minimum absolute atomic E-state index is 0.0657. The highest BCUT2D eigenvalue weighted by atomic mass is 35.5. The molecule has 28 heavy (non-hydrogen) atoms. The molecule has 7 heteroatoms. The van der Waals surface area contributed by atoms with Crippen LogP contribution in [-0.2, 0) is 9.53 Å². The summed E-state index contributed by atoms with van der Waals surface area (Å²) >= 11 is 6.87. The molecule has 4 saturated carbocycles. The zero-order valence-electron chi connectivity index (χ0n) is 16.5. The van der Waals surface area contributed by atoms with Crippen LogP contribution >= 0.6 is 11.6 Å². The largest absolute Gasteiger partial charge is 0.493 e. The molecule has 4 aliphatic carbocycles. The normalized spacial score (nSPS) is 32.7. The fourth-order valence-corrected chi connectivity index (χ4v) is 6.62. The van der Waals surface area contributed by atoms with Crippen molar-refractivity contribution in [3.8, 4) is 11.5 Å². The lowest BCUT2D eigenvalue weighted by molar-refractivity contribution is -0.138. The van der Waals surface area contributed by atoms with E-state index in [0.717, 1.165) is 25.7 Å². The van der Waals surface area contributed by atoms with Gasteiger partial charge in [-0.1, -0.05) is 0 Å². The Kier molecular flexibility index (Phi) is 4.73.